The third-order valence-electron chi connectivity index (χ3n) is 4.46. The molecule has 170 valence electrons. The van der Waals surface area contributed by atoms with Crippen LogP contribution in [0.2, 0.25) is 5.02 Å². The fourth-order valence-corrected chi connectivity index (χ4v) is 4.83. The molecule has 0 spiro atoms. The topological polar surface area (TPSA) is 118 Å². The summed E-state index contributed by atoms with van der Waals surface area (Å²) in [5, 5.41) is 16.6. The number of benzene rings is 2. The van der Waals surface area contributed by atoms with E-state index in [2.05, 4.69) is 25.3 Å². The molecular formula is C21H19ClN6O3S2. The van der Waals surface area contributed by atoms with Gasteiger partial charge in [-0.2, -0.15) is 9.61 Å². The molecule has 0 saturated heterocycles. The van der Waals surface area contributed by atoms with Gasteiger partial charge in [0.05, 0.1) is 10.6 Å². The van der Waals surface area contributed by atoms with Gasteiger partial charge in [-0.15, -0.1) is 10.2 Å². The predicted octanol–water partition coefficient (Wildman–Crippen LogP) is 3.03. The predicted molar refractivity (Wildman–Crippen MR) is 127 cm³/mol. The first kappa shape index (κ1) is 23.2. The molecule has 0 aliphatic carbocycles. The van der Waals surface area contributed by atoms with E-state index in [0.29, 0.717) is 33.6 Å². The molecular weight excluding hydrogens is 484 g/mol. The molecule has 0 radical (unpaired) electrons. The van der Waals surface area contributed by atoms with Crippen molar-refractivity contribution in [3.8, 4) is 0 Å². The Balaban J connectivity index is 1.36. The van der Waals surface area contributed by atoms with Crippen LogP contribution in [0.15, 0.2) is 76.7 Å². The second-order valence-corrected chi connectivity index (χ2v) is 10.1. The lowest BCUT2D eigenvalue weighted by atomic mass is 10.3. The minimum absolute atomic E-state index is 0.138. The minimum atomic E-state index is -3.61. The van der Waals surface area contributed by atoms with Crippen molar-refractivity contribution < 1.29 is 13.2 Å². The van der Waals surface area contributed by atoms with Crippen LogP contribution in [0, 0.1) is 0 Å². The van der Waals surface area contributed by atoms with Gasteiger partial charge in [0.25, 0.3) is 0 Å². The van der Waals surface area contributed by atoms with Crippen LogP contribution in [0.1, 0.15) is 5.82 Å². The number of anilines is 1. The molecule has 4 rings (SSSR count). The van der Waals surface area contributed by atoms with Crippen LogP contribution in [0.25, 0.3) is 5.65 Å². The molecule has 2 aromatic carbocycles. The molecule has 2 aromatic heterocycles. The molecule has 0 aliphatic rings. The largest absolute Gasteiger partial charge is 0.325 e. The lowest BCUT2D eigenvalue weighted by Gasteiger charge is -2.07. The van der Waals surface area contributed by atoms with E-state index >= 15 is 0 Å². The van der Waals surface area contributed by atoms with E-state index in [1.54, 1.807) is 59.1 Å². The highest BCUT2D eigenvalue weighted by Gasteiger charge is 2.14. The van der Waals surface area contributed by atoms with E-state index < -0.39 is 10.0 Å². The zero-order valence-corrected chi connectivity index (χ0v) is 19.6. The van der Waals surface area contributed by atoms with Crippen molar-refractivity contribution in [1.29, 1.82) is 0 Å². The molecule has 0 fully saturated rings. The number of hydrogen-bond acceptors (Lipinski definition) is 7. The Morgan fingerprint density at radius 3 is 2.64 bits per heavy atom. The highest BCUT2D eigenvalue weighted by atomic mass is 35.5. The molecule has 0 aliphatic heterocycles. The average molecular weight is 503 g/mol. The number of thioether (sulfide) groups is 1. The molecule has 4 aromatic rings. The number of rotatable bonds is 9. The van der Waals surface area contributed by atoms with E-state index in [4.69, 9.17) is 11.6 Å². The third-order valence-corrected chi connectivity index (χ3v) is 7.09. The maximum Gasteiger partial charge on any atom is 0.240 e. The number of nitrogens with zero attached hydrogens (tertiary/aromatic N) is 4. The van der Waals surface area contributed by atoms with E-state index in [0.717, 1.165) is 0 Å². The second-order valence-electron chi connectivity index (χ2n) is 6.87. The van der Waals surface area contributed by atoms with Crippen LogP contribution < -0.4 is 10.0 Å². The van der Waals surface area contributed by atoms with Gasteiger partial charge in [0.2, 0.25) is 15.9 Å². The molecule has 12 heteroatoms. The van der Waals surface area contributed by atoms with Gasteiger partial charge >= 0.3 is 0 Å². The van der Waals surface area contributed by atoms with Crippen molar-refractivity contribution in [3.63, 3.8) is 0 Å². The Morgan fingerprint density at radius 1 is 1.03 bits per heavy atom. The molecule has 0 unspecified atom stereocenters. The van der Waals surface area contributed by atoms with Gasteiger partial charge in [0, 0.05) is 23.7 Å². The van der Waals surface area contributed by atoms with Crippen LogP contribution in [0.5, 0.6) is 0 Å². The summed E-state index contributed by atoms with van der Waals surface area (Å²) in [6.07, 6.45) is 0.295. The standard InChI is InChI=1S/C21H19ClN6O3S2/c22-15-5-4-6-16(13-15)24-20(29)14-32-21-10-9-18-25-26-19(28(18)27-21)11-12-23-33(30,31)17-7-2-1-3-8-17/h1-10,13,23H,11-12,14H2,(H,24,29). The molecule has 2 heterocycles. The first-order valence-electron chi connectivity index (χ1n) is 9.85. The van der Waals surface area contributed by atoms with Crippen molar-refractivity contribution in [2.24, 2.45) is 0 Å². The van der Waals surface area contributed by atoms with Crippen molar-refractivity contribution in [2.45, 2.75) is 16.3 Å². The fraction of sp³-hybridized carbons (Fsp3) is 0.143. The van der Waals surface area contributed by atoms with E-state index in [1.165, 1.54) is 23.9 Å². The Morgan fingerprint density at radius 2 is 1.85 bits per heavy atom. The maximum absolute atomic E-state index is 12.4. The van der Waals surface area contributed by atoms with Crippen LogP contribution in [0.4, 0.5) is 5.69 Å². The SMILES string of the molecule is O=C(CSc1ccc2nnc(CCNS(=O)(=O)c3ccccc3)n2n1)Nc1cccc(Cl)c1. The van der Waals surface area contributed by atoms with Gasteiger partial charge in [0.15, 0.2) is 11.5 Å². The summed E-state index contributed by atoms with van der Waals surface area (Å²) in [6, 6.07) is 18.6. The second kappa shape index (κ2) is 10.3. The van der Waals surface area contributed by atoms with Crippen molar-refractivity contribution in [2.75, 3.05) is 17.6 Å². The third kappa shape index (κ3) is 6.08. The molecule has 2 N–H and O–H groups in total. The fourth-order valence-electron chi connectivity index (χ4n) is 2.93. The van der Waals surface area contributed by atoms with Crippen molar-refractivity contribution >= 4 is 50.6 Å². The van der Waals surface area contributed by atoms with Crippen molar-refractivity contribution in [1.82, 2.24) is 24.5 Å². The minimum Gasteiger partial charge on any atom is -0.325 e. The summed E-state index contributed by atoms with van der Waals surface area (Å²) in [5.74, 6) is 0.467. The molecule has 0 saturated carbocycles. The highest BCUT2D eigenvalue weighted by molar-refractivity contribution is 7.99. The number of sulfonamides is 1. The van der Waals surface area contributed by atoms with Crippen molar-refractivity contribution in [3.05, 3.63) is 77.6 Å². The number of aromatic nitrogens is 4. The summed E-state index contributed by atoms with van der Waals surface area (Å²) >= 11 is 7.19. The van der Waals surface area contributed by atoms with Gasteiger partial charge in [-0.3, -0.25) is 4.79 Å². The van der Waals surface area contributed by atoms with Crippen LogP contribution in [0.3, 0.4) is 0 Å². The zero-order chi connectivity index (χ0) is 23.3. The van der Waals surface area contributed by atoms with Gasteiger partial charge in [0.1, 0.15) is 5.03 Å². The number of amides is 1. The first-order valence-corrected chi connectivity index (χ1v) is 12.7. The first-order chi connectivity index (χ1) is 15.9. The molecule has 0 bridgehead atoms. The summed E-state index contributed by atoms with van der Waals surface area (Å²) in [4.78, 5) is 12.4. The molecule has 33 heavy (non-hydrogen) atoms. The highest BCUT2D eigenvalue weighted by Crippen LogP contribution is 2.18. The Kier molecular flexibility index (Phi) is 7.23. The lowest BCUT2D eigenvalue weighted by Crippen LogP contribution is -2.26. The number of hydrogen-bond donors (Lipinski definition) is 2. The van der Waals surface area contributed by atoms with Gasteiger partial charge in [-0.25, -0.2) is 13.1 Å². The monoisotopic (exact) mass is 502 g/mol. The molecule has 9 nitrogen and oxygen atoms in total. The van der Waals surface area contributed by atoms with Gasteiger partial charge < -0.3 is 5.32 Å². The molecule has 0 atom stereocenters. The Labute approximate surface area is 199 Å². The summed E-state index contributed by atoms with van der Waals surface area (Å²) in [5.41, 5.74) is 1.15. The number of fused-ring (bicyclic) bond motifs is 1. The van der Waals surface area contributed by atoms with E-state index in [1.807, 2.05) is 0 Å². The summed E-state index contributed by atoms with van der Waals surface area (Å²) < 4.78 is 28.8. The maximum atomic E-state index is 12.4. The summed E-state index contributed by atoms with van der Waals surface area (Å²) in [7, 11) is -3.61. The molecule has 1 amide bonds. The normalized spacial score (nSPS) is 11.5. The average Bonchev–Trinajstić information content (AvgIpc) is 3.20. The number of carbonyl (C=O) groups excluding carboxylic acids is 1. The summed E-state index contributed by atoms with van der Waals surface area (Å²) in [6.45, 7) is 0.138. The Bertz CT molecular complexity index is 1380. The van der Waals surface area contributed by atoms with Crippen LogP contribution in [-0.2, 0) is 21.2 Å². The number of carbonyl (C=O) groups is 1. The van der Waals surface area contributed by atoms with Gasteiger partial charge in [-0.05, 0) is 42.5 Å². The smallest absolute Gasteiger partial charge is 0.240 e. The Hall–Kier alpha value is -2.99. The van der Waals surface area contributed by atoms with Gasteiger partial charge in [-0.1, -0.05) is 47.6 Å². The quantitative estimate of drug-likeness (QED) is 0.338. The number of nitrogens with one attached hydrogen (secondary N) is 2. The number of halogens is 1. The van der Waals surface area contributed by atoms with E-state index in [9.17, 15) is 13.2 Å². The zero-order valence-electron chi connectivity index (χ0n) is 17.2. The lowest BCUT2D eigenvalue weighted by molar-refractivity contribution is -0.113. The van der Waals surface area contributed by atoms with E-state index in [-0.39, 0.29) is 23.1 Å². The van der Waals surface area contributed by atoms with Crippen LogP contribution >= 0.6 is 23.4 Å². The van der Waals surface area contributed by atoms with Crippen LogP contribution in [-0.4, -0.2) is 46.4 Å².